The molecule has 1 N–H and O–H groups in total. The van der Waals surface area contributed by atoms with Crippen LogP contribution >= 0.6 is 0 Å². The van der Waals surface area contributed by atoms with Crippen molar-refractivity contribution in [3.63, 3.8) is 0 Å². The van der Waals surface area contributed by atoms with E-state index in [0.29, 0.717) is 18.7 Å². The van der Waals surface area contributed by atoms with Gasteiger partial charge in [-0.1, -0.05) is 6.07 Å². The maximum absolute atomic E-state index is 12.2. The molecule has 0 atom stereocenters. The number of ether oxygens (including phenoxy) is 3. The van der Waals surface area contributed by atoms with Crippen LogP contribution in [-0.2, 0) is 9.47 Å². The van der Waals surface area contributed by atoms with Gasteiger partial charge in [-0.25, -0.2) is 0 Å². The fourth-order valence-corrected chi connectivity index (χ4v) is 2.52. The van der Waals surface area contributed by atoms with E-state index in [1.54, 1.807) is 13.2 Å². The van der Waals surface area contributed by atoms with E-state index >= 15 is 0 Å². The number of morpholine rings is 1. The van der Waals surface area contributed by atoms with E-state index in [1.807, 2.05) is 18.2 Å². The molecule has 1 aromatic rings. The van der Waals surface area contributed by atoms with E-state index in [2.05, 4.69) is 10.2 Å². The SMILES string of the molecule is COCCCCOc1cccc(C(=O)NCCN2CCOCC2)c1. The van der Waals surface area contributed by atoms with Gasteiger partial charge in [0.2, 0.25) is 0 Å². The number of hydrogen-bond acceptors (Lipinski definition) is 5. The number of carbonyl (C=O) groups is 1. The van der Waals surface area contributed by atoms with Gasteiger partial charge in [-0.15, -0.1) is 0 Å². The minimum Gasteiger partial charge on any atom is -0.494 e. The Labute approximate surface area is 144 Å². The Kier molecular flexibility index (Phi) is 8.59. The second kappa shape index (κ2) is 11.0. The molecule has 1 fully saturated rings. The molecule has 6 heteroatoms. The topological polar surface area (TPSA) is 60.0 Å². The summed E-state index contributed by atoms with van der Waals surface area (Å²) < 4.78 is 16.0. The molecule has 0 aliphatic carbocycles. The molecular weight excluding hydrogens is 308 g/mol. The first-order chi connectivity index (χ1) is 11.8. The van der Waals surface area contributed by atoms with Gasteiger partial charge in [0, 0.05) is 45.5 Å². The summed E-state index contributed by atoms with van der Waals surface area (Å²) in [6, 6.07) is 7.32. The first kappa shape index (κ1) is 18.7. The third-order valence-corrected chi connectivity index (χ3v) is 3.93. The molecule has 0 aromatic heterocycles. The molecule has 1 amide bonds. The quantitative estimate of drug-likeness (QED) is 0.657. The summed E-state index contributed by atoms with van der Waals surface area (Å²) in [5.74, 6) is 0.668. The molecule has 2 rings (SSSR count). The largest absolute Gasteiger partial charge is 0.494 e. The van der Waals surface area contributed by atoms with Crippen LogP contribution in [0.4, 0.5) is 0 Å². The van der Waals surface area contributed by atoms with Crippen molar-refractivity contribution < 1.29 is 19.0 Å². The molecule has 0 radical (unpaired) electrons. The van der Waals surface area contributed by atoms with E-state index in [9.17, 15) is 4.79 Å². The monoisotopic (exact) mass is 336 g/mol. The van der Waals surface area contributed by atoms with Crippen LogP contribution < -0.4 is 10.1 Å². The Morgan fingerprint density at radius 3 is 2.83 bits per heavy atom. The molecule has 1 heterocycles. The predicted molar refractivity (Wildman–Crippen MR) is 92.6 cm³/mol. The van der Waals surface area contributed by atoms with E-state index in [0.717, 1.165) is 58.0 Å². The highest BCUT2D eigenvalue weighted by molar-refractivity contribution is 5.94. The van der Waals surface area contributed by atoms with Crippen molar-refractivity contribution in [2.45, 2.75) is 12.8 Å². The van der Waals surface area contributed by atoms with E-state index in [4.69, 9.17) is 14.2 Å². The molecule has 0 bridgehead atoms. The van der Waals surface area contributed by atoms with Crippen molar-refractivity contribution in [2.24, 2.45) is 0 Å². The molecular formula is C18H28N2O4. The fraction of sp³-hybridized carbons (Fsp3) is 0.611. The summed E-state index contributed by atoms with van der Waals surface area (Å²) in [4.78, 5) is 14.5. The van der Waals surface area contributed by atoms with Gasteiger partial charge in [0.25, 0.3) is 5.91 Å². The number of nitrogens with one attached hydrogen (secondary N) is 1. The summed E-state index contributed by atoms with van der Waals surface area (Å²) in [7, 11) is 1.70. The van der Waals surface area contributed by atoms with Crippen LogP contribution in [0.15, 0.2) is 24.3 Å². The zero-order valence-corrected chi connectivity index (χ0v) is 14.5. The molecule has 0 unspecified atom stereocenters. The highest BCUT2D eigenvalue weighted by atomic mass is 16.5. The Balaban J connectivity index is 1.70. The summed E-state index contributed by atoms with van der Waals surface area (Å²) in [6.45, 7) is 6.28. The number of nitrogens with zero attached hydrogens (tertiary/aromatic N) is 1. The summed E-state index contributed by atoms with van der Waals surface area (Å²) in [5.41, 5.74) is 0.631. The smallest absolute Gasteiger partial charge is 0.251 e. The van der Waals surface area contributed by atoms with Crippen molar-refractivity contribution in [3.8, 4) is 5.75 Å². The molecule has 1 saturated heterocycles. The minimum atomic E-state index is -0.0620. The van der Waals surface area contributed by atoms with Crippen molar-refractivity contribution in [1.82, 2.24) is 10.2 Å². The highest BCUT2D eigenvalue weighted by Gasteiger charge is 2.11. The Morgan fingerprint density at radius 1 is 1.25 bits per heavy atom. The molecule has 0 spiro atoms. The van der Waals surface area contributed by atoms with E-state index < -0.39 is 0 Å². The number of amides is 1. The van der Waals surface area contributed by atoms with Crippen LogP contribution in [0, 0.1) is 0 Å². The first-order valence-corrected chi connectivity index (χ1v) is 8.59. The molecule has 6 nitrogen and oxygen atoms in total. The highest BCUT2D eigenvalue weighted by Crippen LogP contribution is 2.13. The zero-order chi connectivity index (χ0) is 17.0. The Hall–Kier alpha value is -1.63. The number of hydrogen-bond donors (Lipinski definition) is 1. The van der Waals surface area contributed by atoms with Crippen molar-refractivity contribution in [3.05, 3.63) is 29.8 Å². The third kappa shape index (κ3) is 6.86. The lowest BCUT2D eigenvalue weighted by Crippen LogP contribution is -2.41. The Bertz CT molecular complexity index is 490. The molecule has 134 valence electrons. The van der Waals surface area contributed by atoms with Crippen LogP contribution in [-0.4, -0.2) is 70.5 Å². The lowest BCUT2D eigenvalue weighted by atomic mass is 10.2. The van der Waals surface area contributed by atoms with Gasteiger partial charge in [-0.2, -0.15) is 0 Å². The van der Waals surface area contributed by atoms with Crippen LogP contribution in [0.5, 0.6) is 5.75 Å². The average Bonchev–Trinajstić information content (AvgIpc) is 2.62. The van der Waals surface area contributed by atoms with Crippen LogP contribution in [0.3, 0.4) is 0 Å². The standard InChI is InChI=1S/C18H28N2O4/c1-22-11-2-3-12-24-17-6-4-5-16(15-17)18(21)19-7-8-20-9-13-23-14-10-20/h4-6,15H,2-3,7-14H2,1H3,(H,19,21). The molecule has 1 aliphatic heterocycles. The van der Waals surface area contributed by atoms with Crippen molar-refractivity contribution in [1.29, 1.82) is 0 Å². The van der Waals surface area contributed by atoms with Gasteiger partial charge >= 0.3 is 0 Å². The molecule has 24 heavy (non-hydrogen) atoms. The van der Waals surface area contributed by atoms with E-state index in [1.165, 1.54) is 0 Å². The molecule has 0 saturated carbocycles. The van der Waals surface area contributed by atoms with Crippen molar-refractivity contribution in [2.75, 3.05) is 59.7 Å². The molecule has 1 aliphatic rings. The molecule has 1 aromatic carbocycles. The number of benzene rings is 1. The van der Waals surface area contributed by atoms with Gasteiger partial charge in [0.1, 0.15) is 5.75 Å². The lowest BCUT2D eigenvalue weighted by molar-refractivity contribution is 0.0383. The number of unbranched alkanes of at least 4 members (excludes halogenated alkanes) is 1. The number of carbonyl (C=O) groups excluding carboxylic acids is 1. The maximum Gasteiger partial charge on any atom is 0.251 e. The third-order valence-electron chi connectivity index (χ3n) is 3.93. The summed E-state index contributed by atoms with van der Waals surface area (Å²) >= 11 is 0. The fourth-order valence-electron chi connectivity index (χ4n) is 2.52. The average molecular weight is 336 g/mol. The van der Waals surface area contributed by atoms with Gasteiger partial charge in [-0.3, -0.25) is 9.69 Å². The van der Waals surface area contributed by atoms with Gasteiger partial charge in [-0.05, 0) is 31.0 Å². The second-order valence-electron chi connectivity index (χ2n) is 5.79. The van der Waals surface area contributed by atoms with E-state index in [-0.39, 0.29) is 5.91 Å². The normalized spacial score (nSPS) is 15.2. The van der Waals surface area contributed by atoms with Crippen LogP contribution in [0.2, 0.25) is 0 Å². The Morgan fingerprint density at radius 2 is 2.04 bits per heavy atom. The zero-order valence-electron chi connectivity index (χ0n) is 14.5. The van der Waals surface area contributed by atoms with Gasteiger partial charge < -0.3 is 19.5 Å². The van der Waals surface area contributed by atoms with Crippen LogP contribution in [0.25, 0.3) is 0 Å². The summed E-state index contributed by atoms with van der Waals surface area (Å²) in [6.07, 6.45) is 1.90. The lowest BCUT2D eigenvalue weighted by Gasteiger charge is -2.26. The van der Waals surface area contributed by atoms with Gasteiger partial charge in [0.15, 0.2) is 0 Å². The van der Waals surface area contributed by atoms with Gasteiger partial charge in [0.05, 0.1) is 19.8 Å². The summed E-state index contributed by atoms with van der Waals surface area (Å²) in [5, 5.41) is 2.96. The second-order valence-corrected chi connectivity index (χ2v) is 5.79. The predicted octanol–water partition coefficient (Wildman–Crippen LogP) is 1.55. The number of methoxy groups -OCH3 is 1. The van der Waals surface area contributed by atoms with Crippen molar-refractivity contribution >= 4 is 5.91 Å². The van der Waals surface area contributed by atoms with Crippen LogP contribution in [0.1, 0.15) is 23.2 Å². The maximum atomic E-state index is 12.2. The minimum absolute atomic E-state index is 0.0620. The first-order valence-electron chi connectivity index (χ1n) is 8.59. The number of rotatable bonds is 10.